The van der Waals surface area contributed by atoms with Crippen molar-refractivity contribution in [3.8, 4) is 11.1 Å². The third kappa shape index (κ3) is 2.71. The van der Waals surface area contributed by atoms with Gasteiger partial charge in [0.2, 0.25) is 0 Å². The predicted molar refractivity (Wildman–Crippen MR) is 74.3 cm³/mol. The van der Waals surface area contributed by atoms with Crippen LogP contribution in [0.4, 0.5) is 4.39 Å². The van der Waals surface area contributed by atoms with E-state index >= 15 is 0 Å². The fourth-order valence-corrected chi connectivity index (χ4v) is 2.12. The van der Waals surface area contributed by atoms with Crippen LogP contribution in [0.5, 0.6) is 0 Å². The van der Waals surface area contributed by atoms with Crippen LogP contribution in [0.15, 0.2) is 42.5 Å². The summed E-state index contributed by atoms with van der Waals surface area (Å²) in [5.74, 6) is -0.316. The molecule has 0 fully saturated rings. The second-order valence-corrected chi connectivity index (χ2v) is 4.66. The molecule has 1 unspecified atom stereocenters. The molecule has 0 saturated carbocycles. The van der Waals surface area contributed by atoms with E-state index in [4.69, 9.17) is 11.6 Å². The molecule has 0 aliphatic carbocycles. The molecule has 1 N–H and O–H groups in total. The lowest BCUT2D eigenvalue weighted by Gasteiger charge is -2.11. The van der Waals surface area contributed by atoms with E-state index in [9.17, 15) is 4.39 Å². The van der Waals surface area contributed by atoms with Crippen LogP contribution in [0.1, 0.15) is 18.5 Å². The van der Waals surface area contributed by atoms with Gasteiger partial charge in [0.1, 0.15) is 5.82 Å². The van der Waals surface area contributed by atoms with Crippen molar-refractivity contribution in [1.29, 1.82) is 0 Å². The van der Waals surface area contributed by atoms with Crippen LogP contribution in [0.2, 0.25) is 5.02 Å². The highest BCUT2D eigenvalue weighted by Gasteiger charge is 2.06. The van der Waals surface area contributed by atoms with E-state index in [-0.39, 0.29) is 5.82 Å². The predicted octanol–water partition coefficient (Wildman–Crippen LogP) is 4.43. The Hall–Kier alpha value is -1.38. The maximum absolute atomic E-state index is 13.0. The summed E-state index contributed by atoms with van der Waals surface area (Å²) in [7, 11) is 1.93. The van der Waals surface area contributed by atoms with Gasteiger partial charge in [0.25, 0.3) is 0 Å². The van der Waals surface area contributed by atoms with Gasteiger partial charge in [-0.25, -0.2) is 4.39 Å². The SMILES string of the molecule is CNC(C)c1ccc(-c2ccc(F)cc2Cl)cc1. The first-order valence-corrected chi connectivity index (χ1v) is 6.22. The Morgan fingerprint density at radius 2 is 1.78 bits per heavy atom. The molecule has 0 spiro atoms. The van der Waals surface area contributed by atoms with Crippen LogP contribution in [-0.4, -0.2) is 7.05 Å². The van der Waals surface area contributed by atoms with Crippen molar-refractivity contribution in [1.82, 2.24) is 5.32 Å². The van der Waals surface area contributed by atoms with E-state index < -0.39 is 0 Å². The average molecular weight is 264 g/mol. The fourth-order valence-electron chi connectivity index (χ4n) is 1.84. The normalized spacial score (nSPS) is 12.4. The second kappa shape index (κ2) is 5.51. The standard InChI is InChI=1S/C15H15ClFN/c1-10(18-2)11-3-5-12(6-4-11)14-8-7-13(17)9-15(14)16/h3-10,18H,1-2H3. The molecular formula is C15H15ClFN. The van der Waals surface area contributed by atoms with E-state index in [2.05, 4.69) is 24.4 Å². The van der Waals surface area contributed by atoms with Crippen molar-refractivity contribution in [3.63, 3.8) is 0 Å². The minimum absolute atomic E-state index is 0.308. The maximum Gasteiger partial charge on any atom is 0.124 e. The zero-order valence-corrected chi connectivity index (χ0v) is 11.1. The van der Waals surface area contributed by atoms with Crippen LogP contribution in [0.3, 0.4) is 0 Å². The van der Waals surface area contributed by atoms with Crippen LogP contribution in [0.25, 0.3) is 11.1 Å². The Kier molecular flexibility index (Phi) is 4.00. The van der Waals surface area contributed by atoms with Gasteiger partial charge >= 0.3 is 0 Å². The molecule has 0 heterocycles. The minimum atomic E-state index is -0.316. The van der Waals surface area contributed by atoms with E-state index in [0.29, 0.717) is 11.1 Å². The first kappa shape index (κ1) is 13.1. The highest BCUT2D eigenvalue weighted by molar-refractivity contribution is 6.33. The molecule has 0 bridgehead atoms. The smallest absolute Gasteiger partial charge is 0.124 e. The third-order valence-electron chi connectivity index (χ3n) is 3.09. The van der Waals surface area contributed by atoms with Gasteiger partial charge in [-0.1, -0.05) is 35.9 Å². The molecule has 2 aromatic carbocycles. The van der Waals surface area contributed by atoms with Gasteiger partial charge in [-0.15, -0.1) is 0 Å². The van der Waals surface area contributed by atoms with Crippen LogP contribution >= 0.6 is 11.6 Å². The van der Waals surface area contributed by atoms with E-state index in [1.165, 1.54) is 17.7 Å². The van der Waals surface area contributed by atoms with Crippen LogP contribution in [0, 0.1) is 5.82 Å². The van der Waals surface area contributed by atoms with Crippen molar-refractivity contribution >= 4 is 11.6 Å². The molecule has 2 aromatic rings. The molecule has 3 heteroatoms. The largest absolute Gasteiger partial charge is 0.313 e. The highest BCUT2D eigenvalue weighted by atomic mass is 35.5. The molecule has 1 atom stereocenters. The lowest BCUT2D eigenvalue weighted by atomic mass is 10.0. The topological polar surface area (TPSA) is 12.0 Å². The number of hydrogen-bond acceptors (Lipinski definition) is 1. The number of nitrogens with one attached hydrogen (secondary N) is 1. The molecule has 2 rings (SSSR count). The lowest BCUT2D eigenvalue weighted by Crippen LogP contribution is -2.11. The highest BCUT2D eigenvalue weighted by Crippen LogP contribution is 2.29. The van der Waals surface area contributed by atoms with Crippen LogP contribution in [-0.2, 0) is 0 Å². The third-order valence-corrected chi connectivity index (χ3v) is 3.40. The second-order valence-electron chi connectivity index (χ2n) is 4.26. The molecule has 18 heavy (non-hydrogen) atoms. The molecule has 0 aromatic heterocycles. The Morgan fingerprint density at radius 1 is 1.11 bits per heavy atom. The fraction of sp³-hybridized carbons (Fsp3) is 0.200. The van der Waals surface area contributed by atoms with E-state index in [1.54, 1.807) is 6.07 Å². The van der Waals surface area contributed by atoms with Gasteiger partial charge in [-0.3, -0.25) is 0 Å². The van der Waals surface area contributed by atoms with Gasteiger partial charge in [0.05, 0.1) is 5.02 Å². The summed E-state index contributed by atoms with van der Waals surface area (Å²) in [6.07, 6.45) is 0. The van der Waals surface area contributed by atoms with Gasteiger partial charge < -0.3 is 5.32 Å². The zero-order valence-electron chi connectivity index (χ0n) is 10.4. The van der Waals surface area contributed by atoms with Gasteiger partial charge in [0, 0.05) is 11.6 Å². The van der Waals surface area contributed by atoms with Gasteiger partial charge in [0.15, 0.2) is 0 Å². The Bertz CT molecular complexity index is 537. The summed E-state index contributed by atoms with van der Waals surface area (Å²) in [6.45, 7) is 2.10. The Morgan fingerprint density at radius 3 is 2.33 bits per heavy atom. The van der Waals surface area contributed by atoms with Crippen molar-refractivity contribution in [3.05, 3.63) is 58.9 Å². The first-order chi connectivity index (χ1) is 8.61. The molecule has 0 saturated heterocycles. The molecule has 0 aliphatic heterocycles. The number of benzene rings is 2. The summed E-state index contributed by atoms with van der Waals surface area (Å²) >= 11 is 6.04. The van der Waals surface area contributed by atoms with Gasteiger partial charge in [-0.2, -0.15) is 0 Å². The first-order valence-electron chi connectivity index (χ1n) is 5.84. The summed E-state index contributed by atoms with van der Waals surface area (Å²) in [5, 5.41) is 3.62. The quantitative estimate of drug-likeness (QED) is 0.864. The molecule has 0 amide bonds. The molecule has 0 aliphatic rings. The monoisotopic (exact) mass is 263 g/mol. The minimum Gasteiger partial charge on any atom is -0.313 e. The van der Waals surface area contributed by atoms with Crippen LogP contribution < -0.4 is 5.32 Å². The number of halogens is 2. The van der Waals surface area contributed by atoms with Crippen molar-refractivity contribution in [2.45, 2.75) is 13.0 Å². The Balaban J connectivity index is 2.34. The lowest BCUT2D eigenvalue weighted by molar-refractivity contribution is 0.628. The Labute approximate surface area is 112 Å². The molecular weight excluding hydrogens is 249 g/mol. The van der Waals surface area contributed by atoms with Crippen molar-refractivity contribution < 1.29 is 4.39 Å². The number of hydrogen-bond donors (Lipinski definition) is 1. The summed E-state index contributed by atoms with van der Waals surface area (Å²) in [5.41, 5.74) is 3.05. The average Bonchev–Trinajstić information content (AvgIpc) is 2.38. The number of rotatable bonds is 3. The molecule has 0 radical (unpaired) electrons. The molecule has 94 valence electrons. The summed E-state index contributed by atoms with van der Waals surface area (Å²) < 4.78 is 13.0. The van der Waals surface area contributed by atoms with E-state index in [1.807, 2.05) is 19.2 Å². The van der Waals surface area contributed by atoms with Gasteiger partial charge in [-0.05, 0) is 43.3 Å². The zero-order chi connectivity index (χ0) is 13.1. The molecule has 1 nitrogen and oxygen atoms in total. The van der Waals surface area contributed by atoms with E-state index in [0.717, 1.165) is 11.1 Å². The maximum atomic E-state index is 13.0. The summed E-state index contributed by atoms with van der Waals surface area (Å²) in [6, 6.07) is 12.9. The van der Waals surface area contributed by atoms with Crippen molar-refractivity contribution in [2.24, 2.45) is 0 Å². The summed E-state index contributed by atoms with van der Waals surface area (Å²) in [4.78, 5) is 0. The van der Waals surface area contributed by atoms with Crippen molar-refractivity contribution in [2.75, 3.05) is 7.05 Å².